The van der Waals surface area contributed by atoms with Gasteiger partial charge in [0.05, 0.1) is 18.2 Å². The second kappa shape index (κ2) is 6.74. The Morgan fingerprint density at radius 3 is 2.67 bits per heavy atom. The zero-order valence-electron chi connectivity index (χ0n) is 14.0. The van der Waals surface area contributed by atoms with Gasteiger partial charge < -0.3 is 14.2 Å². The molecule has 1 N–H and O–H groups in total. The molecule has 1 atom stereocenters. The van der Waals surface area contributed by atoms with Crippen molar-refractivity contribution in [1.29, 1.82) is 0 Å². The summed E-state index contributed by atoms with van der Waals surface area (Å²) in [7, 11) is 0. The van der Waals surface area contributed by atoms with Crippen molar-refractivity contribution in [3.8, 4) is 11.5 Å². The van der Waals surface area contributed by atoms with Crippen molar-refractivity contribution in [2.45, 2.75) is 33.2 Å². The Morgan fingerprint density at radius 2 is 2.00 bits per heavy atom. The predicted octanol–water partition coefficient (Wildman–Crippen LogP) is 3.97. The zero-order chi connectivity index (χ0) is 17.1. The van der Waals surface area contributed by atoms with Crippen LogP contribution in [0, 0.1) is 13.8 Å². The van der Waals surface area contributed by atoms with E-state index in [2.05, 4.69) is 10.3 Å². The molecule has 0 aliphatic heterocycles. The van der Waals surface area contributed by atoms with E-state index < -0.39 is 0 Å². The Labute approximate surface area is 140 Å². The summed E-state index contributed by atoms with van der Waals surface area (Å²) < 4.78 is 11.0. The van der Waals surface area contributed by atoms with Crippen LogP contribution in [-0.4, -0.2) is 10.9 Å². The zero-order valence-corrected chi connectivity index (χ0v) is 14.0. The van der Waals surface area contributed by atoms with Gasteiger partial charge in [0.25, 0.3) is 0 Å². The van der Waals surface area contributed by atoms with E-state index in [4.69, 9.17) is 8.83 Å². The van der Waals surface area contributed by atoms with E-state index in [1.165, 1.54) is 6.26 Å². The Morgan fingerprint density at radius 1 is 1.25 bits per heavy atom. The summed E-state index contributed by atoms with van der Waals surface area (Å²) in [6, 6.07) is 11.4. The van der Waals surface area contributed by atoms with Crippen LogP contribution < -0.4 is 5.32 Å². The summed E-state index contributed by atoms with van der Waals surface area (Å²) in [6.07, 6.45) is 1.70. The SMILES string of the molecule is Cc1cc([C@H](C)NC(=O)Cc2coc(-c3ccccc3)n2)c(C)o1. The molecule has 1 amide bonds. The Balaban J connectivity index is 1.63. The molecule has 0 radical (unpaired) electrons. The monoisotopic (exact) mass is 324 g/mol. The number of rotatable bonds is 5. The molecule has 5 heteroatoms. The molecule has 2 aromatic heterocycles. The van der Waals surface area contributed by atoms with E-state index in [-0.39, 0.29) is 18.4 Å². The second-order valence-corrected chi connectivity index (χ2v) is 5.84. The first kappa shape index (κ1) is 16.1. The number of aromatic nitrogens is 1. The second-order valence-electron chi connectivity index (χ2n) is 5.84. The largest absolute Gasteiger partial charge is 0.466 e. The Kier molecular flexibility index (Phi) is 4.51. The van der Waals surface area contributed by atoms with Gasteiger partial charge in [-0.05, 0) is 39.0 Å². The smallest absolute Gasteiger partial charge is 0.226 e. The predicted molar refractivity (Wildman–Crippen MR) is 90.4 cm³/mol. The van der Waals surface area contributed by atoms with Gasteiger partial charge in [-0.25, -0.2) is 4.98 Å². The molecule has 0 spiro atoms. The van der Waals surface area contributed by atoms with Gasteiger partial charge in [0.1, 0.15) is 17.8 Å². The van der Waals surface area contributed by atoms with E-state index in [1.807, 2.05) is 57.2 Å². The van der Waals surface area contributed by atoms with Crippen LogP contribution in [-0.2, 0) is 11.2 Å². The third kappa shape index (κ3) is 3.56. The van der Waals surface area contributed by atoms with Crippen molar-refractivity contribution in [2.24, 2.45) is 0 Å². The molecule has 5 nitrogen and oxygen atoms in total. The fourth-order valence-corrected chi connectivity index (χ4v) is 2.72. The van der Waals surface area contributed by atoms with Gasteiger partial charge in [-0.2, -0.15) is 0 Å². The van der Waals surface area contributed by atoms with Gasteiger partial charge in [0.2, 0.25) is 11.8 Å². The summed E-state index contributed by atoms with van der Waals surface area (Å²) >= 11 is 0. The van der Waals surface area contributed by atoms with Gasteiger partial charge in [0, 0.05) is 11.1 Å². The van der Waals surface area contributed by atoms with Gasteiger partial charge in [-0.15, -0.1) is 0 Å². The number of hydrogen-bond acceptors (Lipinski definition) is 4. The Hall–Kier alpha value is -2.82. The lowest BCUT2D eigenvalue weighted by atomic mass is 10.1. The number of furan rings is 1. The van der Waals surface area contributed by atoms with Crippen molar-refractivity contribution < 1.29 is 13.6 Å². The highest BCUT2D eigenvalue weighted by molar-refractivity contribution is 5.78. The van der Waals surface area contributed by atoms with E-state index in [9.17, 15) is 4.79 Å². The summed E-state index contributed by atoms with van der Waals surface area (Å²) in [5.41, 5.74) is 2.49. The van der Waals surface area contributed by atoms with Crippen molar-refractivity contribution in [3.63, 3.8) is 0 Å². The molecule has 24 heavy (non-hydrogen) atoms. The average Bonchev–Trinajstić information content (AvgIpc) is 3.14. The van der Waals surface area contributed by atoms with Crippen molar-refractivity contribution in [1.82, 2.24) is 10.3 Å². The number of aryl methyl sites for hydroxylation is 2. The van der Waals surface area contributed by atoms with Crippen molar-refractivity contribution >= 4 is 5.91 Å². The molecular weight excluding hydrogens is 304 g/mol. The third-order valence-corrected chi connectivity index (χ3v) is 3.84. The number of nitrogens with one attached hydrogen (secondary N) is 1. The van der Waals surface area contributed by atoms with Gasteiger partial charge in [0.15, 0.2) is 0 Å². The number of carbonyl (C=O) groups excluding carboxylic acids is 1. The maximum absolute atomic E-state index is 12.2. The molecule has 0 fully saturated rings. The number of amides is 1. The summed E-state index contributed by atoms with van der Waals surface area (Å²) in [6.45, 7) is 5.73. The highest BCUT2D eigenvalue weighted by atomic mass is 16.3. The van der Waals surface area contributed by atoms with Gasteiger partial charge in [-0.3, -0.25) is 4.79 Å². The molecule has 124 valence electrons. The van der Waals surface area contributed by atoms with E-state index >= 15 is 0 Å². The van der Waals surface area contributed by atoms with Crippen LogP contribution in [0.5, 0.6) is 0 Å². The highest BCUT2D eigenvalue weighted by Gasteiger charge is 2.16. The number of carbonyl (C=O) groups is 1. The quantitative estimate of drug-likeness (QED) is 0.771. The number of hydrogen-bond donors (Lipinski definition) is 1. The number of nitrogens with zero attached hydrogens (tertiary/aromatic N) is 1. The lowest BCUT2D eigenvalue weighted by Crippen LogP contribution is -2.28. The van der Waals surface area contributed by atoms with Crippen LogP contribution in [0.3, 0.4) is 0 Å². The van der Waals surface area contributed by atoms with Crippen molar-refractivity contribution in [2.75, 3.05) is 0 Å². The summed E-state index contributed by atoms with van der Waals surface area (Å²) in [5, 5.41) is 2.97. The highest BCUT2D eigenvalue weighted by Crippen LogP contribution is 2.22. The molecule has 0 aliphatic carbocycles. The molecule has 2 heterocycles. The van der Waals surface area contributed by atoms with Crippen LogP contribution in [0.15, 0.2) is 51.5 Å². The van der Waals surface area contributed by atoms with E-state index in [1.54, 1.807) is 0 Å². The first-order valence-electron chi connectivity index (χ1n) is 7.89. The lowest BCUT2D eigenvalue weighted by Gasteiger charge is -2.12. The first-order chi connectivity index (χ1) is 11.5. The fourth-order valence-electron chi connectivity index (χ4n) is 2.72. The maximum Gasteiger partial charge on any atom is 0.226 e. The minimum absolute atomic E-state index is 0.103. The minimum atomic E-state index is -0.115. The summed E-state index contributed by atoms with van der Waals surface area (Å²) in [4.78, 5) is 16.6. The van der Waals surface area contributed by atoms with Crippen molar-refractivity contribution in [3.05, 3.63) is 65.4 Å². The molecule has 0 unspecified atom stereocenters. The number of oxazole rings is 1. The maximum atomic E-state index is 12.2. The molecular formula is C19H20N2O3. The van der Waals surface area contributed by atoms with E-state index in [0.29, 0.717) is 11.6 Å². The topological polar surface area (TPSA) is 68.3 Å². The standard InChI is InChI=1S/C19H20N2O3/c1-12-9-17(14(3)24-12)13(2)20-18(22)10-16-11-23-19(21-16)15-7-5-4-6-8-15/h4-9,11,13H,10H2,1-3H3,(H,20,22)/t13-/m0/s1. The summed E-state index contributed by atoms with van der Waals surface area (Å²) in [5.74, 6) is 2.09. The normalized spacial score (nSPS) is 12.1. The molecule has 3 aromatic rings. The first-order valence-corrected chi connectivity index (χ1v) is 7.89. The van der Waals surface area contributed by atoms with Gasteiger partial charge >= 0.3 is 0 Å². The van der Waals surface area contributed by atoms with Crippen LogP contribution >= 0.6 is 0 Å². The van der Waals surface area contributed by atoms with Crippen LogP contribution in [0.25, 0.3) is 11.5 Å². The van der Waals surface area contributed by atoms with Gasteiger partial charge in [-0.1, -0.05) is 18.2 Å². The van der Waals surface area contributed by atoms with Crippen LogP contribution in [0.2, 0.25) is 0 Å². The third-order valence-electron chi connectivity index (χ3n) is 3.84. The molecule has 0 aliphatic rings. The van der Waals surface area contributed by atoms with Crippen LogP contribution in [0.4, 0.5) is 0 Å². The lowest BCUT2D eigenvalue weighted by molar-refractivity contribution is -0.121. The average molecular weight is 324 g/mol. The fraction of sp³-hybridized carbons (Fsp3) is 0.263. The van der Waals surface area contributed by atoms with E-state index in [0.717, 1.165) is 22.6 Å². The van der Waals surface area contributed by atoms with Crippen LogP contribution in [0.1, 0.15) is 35.7 Å². The Bertz CT molecular complexity index is 833. The molecule has 0 bridgehead atoms. The molecule has 0 saturated heterocycles. The molecule has 0 saturated carbocycles. The minimum Gasteiger partial charge on any atom is -0.466 e. The molecule has 3 rings (SSSR count). The molecule has 1 aromatic carbocycles. The number of benzene rings is 1.